The number of nitrogens with one attached hydrogen (secondary N) is 2. The minimum absolute atomic E-state index is 0.0650. The highest BCUT2D eigenvalue weighted by atomic mass is 32.2. The van der Waals surface area contributed by atoms with Crippen LogP contribution in [-0.2, 0) is 48.2 Å². The maximum absolute atomic E-state index is 13.1. The third kappa shape index (κ3) is 7.47. The molecule has 0 aliphatic carbocycles. The summed E-state index contributed by atoms with van der Waals surface area (Å²) in [6.45, 7) is 7.48. The molecule has 4 rings (SSSR count). The van der Waals surface area contributed by atoms with Crippen LogP contribution in [0.15, 0.2) is 65.9 Å². The Balaban J connectivity index is 1.33. The van der Waals surface area contributed by atoms with Gasteiger partial charge >= 0.3 is 12.1 Å². The van der Waals surface area contributed by atoms with Gasteiger partial charge in [0.25, 0.3) is 5.91 Å². The quantitative estimate of drug-likeness (QED) is 0.340. The van der Waals surface area contributed by atoms with Crippen molar-refractivity contribution in [3.05, 3.63) is 82.6 Å². The third-order valence-corrected chi connectivity index (χ3v) is 7.99. The van der Waals surface area contributed by atoms with Crippen LogP contribution in [0.2, 0.25) is 0 Å². The van der Waals surface area contributed by atoms with E-state index in [4.69, 9.17) is 14.2 Å². The summed E-state index contributed by atoms with van der Waals surface area (Å²) in [5.41, 5.74) is 2.13. The normalized spacial score (nSPS) is 20.1. The van der Waals surface area contributed by atoms with Crippen molar-refractivity contribution in [3.8, 4) is 0 Å². The van der Waals surface area contributed by atoms with Crippen LogP contribution < -0.4 is 10.6 Å². The summed E-state index contributed by atoms with van der Waals surface area (Å²) in [7, 11) is 1.53. The molecule has 218 valence electrons. The zero-order valence-electron chi connectivity index (χ0n) is 23.8. The molecule has 2 aliphatic rings. The fourth-order valence-electron chi connectivity index (χ4n) is 4.46. The first-order chi connectivity index (χ1) is 19.5. The van der Waals surface area contributed by atoms with Gasteiger partial charge in [-0.2, -0.15) is 0 Å². The molecule has 41 heavy (non-hydrogen) atoms. The van der Waals surface area contributed by atoms with Gasteiger partial charge in [0, 0.05) is 13.7 Å². The SMILES string of the molecule is CO[C@H]1S[C@@H]2[C@@H](NC(=O)Cc3ccc(CNC(=O)OC(C)(C)C)cc3)C(=O)N2C(C(=O)OCc2ccccc2)=C1C. The Hall–Kier alpha value is -3.83. The maximum Gasteiger partial charge on any atom is 0.407 e. The second-order valence-electron chi connectivity index (χ2n) is 10.8. The zero-order valence-corrected chi connectivity index (χ0v) is 24.6. The number of thioether (sulfide) groups is 1. The topological polar surface area (TPSA) is 123 Å². The van der Waals surface area contributed by atoms with Gasteiger partial charge < -0.3 is 24.8 Å². The molecule has 0 unspecified atom stereocenters. The van der Waals surface area contributed by atoms with Crippen molar-refractivity contribution >= 4 is 35.6 Å². The molecule has 2 N–H and O–H groups in total. The number of rotatable bonds is 9. The minimum atomic E-state index is -0.799. The molecule has 2 aromatic rings. The number of nitrogens with zero attached hydrogens (tertiary/aromatic N) is 1. The molecular weight excluding hydrogens is 546 g/mol. The molecule has 2 aromatic carbocycles. The number of esters is 1. The largest absolute Gasteiger partial charge is 0.456 e. The van der Waals surface area contributed by atoms with Crippen molar-refractivity contribution in [1.29, 1.82) is 0 Å². The summed E-state index contributed by atoms with van der Waals surface area (Å²) in [6, 6.07) is 15.7. The second-order valence-corrected chi connectivity index (χ2v) is 12.0. The number of β-lactam (4-membered cyclic amide) rings is 1. The van der Waals surface area contributed by atoms with Crippen LogP contribution in [0.25, 0.3) is 0 Å². The van der Waals surface area contributed by atoms with Crippen LogP contribution in [0.3, 0.4) is 0 Å². The van der Waals surface area contributed by atoms with Crippen LogP contribution in [-0.4, -0.2) is 58.3 Å². The molecule has 0 bridgehead atoms. The van der Waals surface area contributed by atoms with Crippen molar-refractivity contribution in [1.82, 2.24) is 15.5 Å². The highest BCUT2D eigenvalue weighted by Crippen LogP contribution is 2.44. The van der Waals surface area contributed by atoms with Crippen LogP contribution in [0.4, 0.5) is 4.79 Å². The van der Waals surface area contributed by atoms with E-state index in [1.807, 2.05) is 42.5 Å². The fraction of sp³-hybridized carbons (Fsp3) is 0.400. The first kappa shape index (κ1) is 30.1. The van der Waals surface area contributed by atoms with Crippen LogP contribution in [0, 0.1) is 0 Å². The molecule has 3 amide bonds. The van der Waals surface area contributed by atoms with Crippen molar-refractivity contribution in [2.75, 3.05) is 7.11 Å². The monoisotopic (exact) mass is 581 g/mol. The van der Waals surface area contributed by atoms with Crippen molar-refractivity contribution in [2.45, 2.75) is 69.7 Å². The average Bonchev–Trinajstić information content (AvgIpc) is 2.93. The van der Waals surface area contributed by atoms with E-state index in [1.54, 1.807) is 39.8 Å². The third-order valence-electron chi connectivity index (χ3n) is 6.43. The highest BCUT2D eigenvalue weighted by Gasteiger charge is 2.56. The lowest BCUT2D eigenvalue weighted by Gasteiger charge is -2.51. The number of amides is 3. The number of benzene rings is 2. The first-order valence-corrected chi connectivity index (χ1v) is 14.2. The lowest BCUT2D eigenvalue weighted by Crippen LogP contribution is -2.71. The first-order valence-electron chi connectivity index (χ1n) is 13.2. The average molecular weight is 582 g/mol. The fourth-order valence-corrected chi connectivity index (χ4v) is 5.81. The van der Waals surface area contributed by atoms with Gasteiger partial charge in [-0.15, -0.1) is 0 Å². The summed E-state index contributed by atoms with van der Waals surface area (Å²) >= 11 is 1.36. The minimum Gasteiger partial charge on any atom is -0.456 e. The second kappa shape index (κ2) is 12.8. The molecule has 0 saturated carbocycles. The van der Waals surface area contributed by atoms with Gasteiger partial charge in [-0.1, -0.05) is 66.4 Å². The summed E-state index contributed by atoms with van der Waals surface area (Å²) in [6.07, 6.45) is -0.440. The van der Waals surface area contributed by atoms with E-state index in [9.17, 15) is 19.2 Å². The number of ether oxygens (including phenoxy) is 3. The van der Waals surface area contributed by atoms with Crippen LogP contribution in [0.1, 0.15) is 44.4 Å². The Kier molecular flexibility index (Phi) is 9.39. The van der Waals surface area contributed by atoms with Gasteiger partial charge in [-0.3, -0.25) is 14.5 Å². The van der Waals surface area contributed by atoms with Gasteiger partial charge in [0.15, 0.2) is 0 Å². The molecule has 0 radical (unpaired) electrons. The van der Waals surface area contributed by atoms with E-state index >= 15 is 0 Å². The number of fused-ring (bicyclic) bond motifs is 1. The van der Waals surface area contributed by atoms with E-state index in [0.717, 1.165) is 16.7 Å². The Morgan fingerprint density at radius 3 is 2.27 bits per heavy atom. The highest BCUT2D eigenvalue weighted by molar-refractivity contribution is 8.00. The lowest BCUT2D eigenvalue weighted by molar-refractivity contribution is -0.153. The molecule has 10 nitrogen and oxygen atoms in total. The number of hydrogen-bond donors (Lipinski definition) is 2. The maximum atomic E-state index is 13.1. The number of alkyl carbamates (subject to hydrolysis) is 1. The molecule has 2 heterocycles. The standard InChI is InChI=1S/C30H35N3O7S/c1-18-24(27(36)39-17-21-9-7-6-8-10-21)33-25(35)23(26(33)41-28(18)38-5)32-22(34)15-19-11-13-20(14-12-19)16-31-29(37)40-30(2,3)4/h6-14,23,26,28H,15-17H2,1-5H3,(H,31,37)(H,32,34)/t23-,26+,28-/m0/s1. The number of methoxy groups -OCH3 is 1. The van der Waals surface area contributed by atoms with E-state index in [0.29, 0.717) is 5.57 Å². The van der Waals surface area contributed by atoms with Gasteiger partial charge in [-0.05, 0) is 50.0 Å². The molecule has 0 spiro atoms. The van der Waals surface area contributed by atoms with Gasteiger partial charge in [0.1, 0.15) is 34.8 Å². The van der Waals surface area contributed by atoms with Gasteiger partial charge in [0.05, 0.1) is 6.42 Å². The molecule has 3 atom stereocenters. The van der Waals surface area contributed by atoms with Crippen molar-refractivity contribution in [2.24, 2.45) is 0 Å². The van der Waals surface area contributed by atoms with E-state index < -0.39 is 34.5 Å². The Labute approximate surface area is 243 Å². The molecule has 2 aliphatic heterocycles. The van der Waals surface area contributed by atoms with Gasteiger partial charge in [-0.25, -0.2) is 9.59 Å². The van der Waals surface area contributed by atoms with Crippen molar-refractivity contribution in [3.63, 3.8) is 0 Å². The summed E-state index contributed by atoms with van der Waals surface area (Å²) in [5, 5.41) is 5.01. The molecule has 1 fully saturated rings. The Morgan fingerprint density at radius 2 is 1.63 bits per heavy atom. The van der Waals surface area contributed by atoms with Crippen LogP contribution in [0.5, 0.6) is 0 Å². The summed E-state index contributed by atoms with van der Waals surface area (Å²) < 4.78 is 16.3. The zero-order chi connectivity index (χ0) is 29.7. The smallest absolute Gasteiger partial charge is 0.407 e. The lowest BCUT2D eigenvalue weighted by atomic mass is 10.0. The van der Waals surface area contributed by atoms with E-state index in [-0.39, 0.29) is 37.1 Å². The molecule has 0 aromatic heterocycles. The number of carbonyl (C=O) groups excluding carboxylic acids is 4. The van der Waals surface area contributed by atoms with Crippen LogP contribution >= 0.6 is 11.8 Å². The van der Waals surface area contributed by atoms with Crippen molar-refractivity contribution < 1.29 is 33.4 Å². The molecule has 11 heteroatoms. The predicted octanol–water partition coefficient (Wildman–Crippen LogP) is 3.64. The van der Waals surface area contributed by atoms with E-state index in [1.165, 1.54) is 23.8 Å². The number of carbonyl (C=O) groups is 4. The van der Waals surface area contributed by atoms with E-state index in [2.05, 4.69) is 10.6 Å². The predicted molar refractivity (Wildman–Crippen MR) is 153 cm³/mol. The number of hydrogen-bond acceptors (Lipinski definition) is 8. The Bertz CT molecular complexity index is 1320. The summed E-state index contributed by atoms with van der Waals surface area (Å²) in [4.78, 5) is 52.3. The molecular formula is C30H35N3O7S. The summed E-state index contributed by atoms with van der Waals surface area (Å²) in [5.74, 6) is -1.31. The Morgan fingerprint density at radius 1 is 0.976 bits per heavy atom. The van der Waals surface area contributed by atoms with Gasteiger partial charge in [0.2, 0.25) is 5.91 Å². The molecule has 1 saturated heterocycles.